The number of hydrogen-bond acceptors (Lipinski definition) is 4. The molecule has 1 N–H and O–H groups in total. The number of carbonyl (C=O) groups is 1. The van der Waals surface area contributed by atoms with E-state index in [4.69, 9.17) is 5.26 Å². The fraction of sp³-hybridized carbons (Fsp3) is 0.133. The highest BCUT2D eigenvalue weighted by molar-refractivity contribution is 6.02. The number of nitrogens with zero attached hydrogens (tertiary/aromatic N) is 3. The number of anilines is 2. The zero-order valence-corrected chi connectivity index (χ0v) is 11.2. The van der Waals surface area contributed by atoms with Crippen LogP contribution in [0.2, 0.25) is 0 Å². The molecule has 0 fully saturated rings. The number of benzene rings is 1. The summed E-state index contributed by atoms with van der Waals surface area (Å²) in [6.07, 6.45) is 1.38. The fourth-order valence-corrected chi connectivity index (χ4v) is 2.37. The minimum absolute atomic E-state index is 0.230. The summed E-state index contributed by atoms with van der Waals surface area (Å²) in [4.78, 5) is 17.6. The standard InChI is InChI=1S/C15H11FN4O/c1-9-4-10(16)2-3-13(9)20-8-19-15(21)12-7-18-11(6-17)5-14(12)20/h2-5,7H,8H2,1H3,(H,19,21). The largest absolute Gasteiger partial charge is 0.334 e. The van der Waals surface area contributed by atoms with Gasteiger partial charge >= 0.3 is 0 Å². The first-order valence-corrected chi connectivity index (χ1v) is 6.32. The summed E-state index contributed by atoms with van der Waals surface area (Å²) in [5, 5.41) is 11.7. The van der Waals surface area contributed by atoms with E-state index >= 15 is 0 Å². The number of pyridine rings is 1. The Kier molecular flexibility index (Phi) is 3.03. The van der Waals surface area contributed by atoms with Gasteiger partial charge < -0.3 is 10.2 Å². The van der Waals surface area contributed by atoms with Crippen LogP contribution in [0.3, 0.4) is 0 Å². The zero-order valence-electron chi connectivity index (χ0n) is 11.2. The second-order valence-electron chi connectivity index (χ2n) is 4.72. The summed E-state index contributed by atoms with van der Waals surface area (Å²) in [6.45, 7) is 2.05. The molecule has 5 nitrogen and oxygen atoms in total. The molecule has 1 aliphatic rings. The maximum Gasteiger partial charge on any atom is 0.256 e. The summed E-state index contributed by atoms with van der Waals surface area (Å²) in [7, 11) is 0. The van der Waals surface area contributed by atoms with Gasteiger partial charge in [-0.05, 0) is 36.8 Å². The minimum Gasteiger partial charge on any atom is -0.334 e. The first-order valence-electron chi connectivity index (χ1n) is 6.32. The Morgan fingerprint density at radius 3 is 2.90 bits per heavy atom. The third-order valence-electron chi connectivity index (χ3n) is 3.38. The number of halogens is 1. The molecule has 1 amide bonds. The molecule has 2 heterocycles. The van der Waals surface area contributed by atoms with Crippen molar-refractivity contribution in [3.05, 3.63) is 53.1 Å². The van der Waals surface area contributed by atoms with E-state index in [0.29, 0.717) is 11.3 Å². The predicted molar refractivity (Wildman–Crippen MR) is 74.6 cm³/mol. The molecule has 0 aliphatic carbocycles. The van der Waals surface area contributed by atoms with E-state index in [1.54, 1.807) is 19.1 Å². The Morgan fingerprint density at radius 2 is 2.19 bits per heavy atom. The Balaban J connectivity index is 2.16. The lowest BCUT2D eigenvalue weighted by molar-refractivity contribution is 0.0949. The average Bonchev–Trinajstić information content (AvgIpc) is 2.48. The number of carbonyl (C=O) groups excluding carboxylic acids is 1. The molecule has 104 valence electrons. The van der Waals surface area contributed by atoms with Crippen molar-refractivity contribution < 1.29 is 9.18 Å². The number of nitriles is 1. The molecule has 21 heavy (non-hydrogen) atoms. The summed E-state index contributed by atoms with van der Waals surface area (Å²) in [5.41, 5.74) is 2.73. The smallest absolute Gasteiger partial charge is 0.256 e. The van der Waals surface area contributed by atoms with Crippen molar-refractivity contribution in [2.75, 3.05) is 11.6 Å². The highest BCUT2D eigenvalue weighted by Gasteiger charge is 2.25. The molecular formula is C15H11FN4O. The highest BCUT2D eigenvalue weighted by Crippen LogP contribution is 2.33. The van der Waals surface area contributed by atoms with Gasteiger partial charge in [0, 0.05) is 11.9 Å². The molecule has 0 atom stereocenters. The Morgan fingerprint density at radius 1 is 1.38 bits per heavy atom. The molecule has 0 radical (unpaired) electrons. The fourth-order valence-electron chi connectivity index (χ4n) is 2.37. The summed E-state index contributed by atoms with van der Waals surface area (Å²) < 4.78 is 13.3. The second kappa shape index (κ2) is 4.87. The van der Waals surface area contributed by atoms with Crippen molar-refractivity contribution in [2.45, 2.75) is 6.92 Å². The van der Waals surface area contributed by atoms with Gasteiger partial charge in [0.1, 0.15) is 17.6 Å². The van der Waals surface area contributed by atoms with Crippen LogP contribution in [-0.4, -0.2) is 17.6 Å². The lowest BCUT2D eigenvalue weighted by atomic mass is 10.1. The Bertz CT molecular complexity index is 782. The van der Waals surface area contributed by atoms with Crippen LogP contribution in [-0.2, 0) is 0 Å². The molecule has 1 aromatic heterocycles. The van der Waals surface area contributed by atoms with E-state index in [1.807, 2.05) is 11.0 Å². The number of aryl methyl sites for hydroxylation is 1. The lowest BCUT2D eigenvalue weighted by Gasteiger charge is -2.32. The summed E-state index contributed by atoms with van der Waals surface area (Å²) >= 11 is 0. The minimum atomic E-state index is -0.315. The number of aromatic nitrogens is 1. The summed E-state index contributed by atoms with van der Waals surface area (Å²) in [6, 6.07) is 7.97. The van der Waals surface area contributed by atoms with Crippen LogP contribution >= 0.6 is 0 Å². The Hall–Kier alpha value is -2.94. The van der Waals surface area contributed by atoms with Crippen molar-refractivity contribution in [2.24, 2.45) is 0 Å². The van der Waals surface area contributed by atoms with Crippen molar-refractivity contribution in [3.63, 3.8) is 0 Å². The lowest BCUT2D eigenvalue weighted by Crippen LogP contribution is -2.41. The van der Waals surface area contributed by atoms with Gasteiger partial charge in [-0.2, -0.15) is 5.26 Å². The number of hydrogen-bond donors (Lipinski definition) is 1. The van der Waals surface area contributed by atoms with Crippen molar-refractivity contribution >= 4 is 17.3 Å². The van der Waals surface area contributed by atoms with Gasteiger partial charge in [0.2, 0.25) is 0 Å². The molecule has 0 saturated carbocycles. The molecule has 1 aromatic carbocycles. The van der Waals surface area contributed by atoms with Crippen LogP contribution in [0.25, 0.3) is 0 Å². The van der Waals surface area contributed by atoms with E-state index in [0.717, 1.165) is 11.3 Å². The van der Waals surface area contributed by atoms with Crippen LogP contribution in [0.5, 0.6) is 0 Å². The van der Waals surface area contributed by atoms with Crippen LogP contribution in [0, 0.1) is 24.1 Å². The van der Waals surface area contributed by atoms with E-state index in [2.05, 4.69) is 10.3 Å². The molecule has 1 aliphatic heterocycles. The van der Waals surface area contributed by atoms with Gasteiger partial charge in [-0.1, -0.05) is 0 Å². The van der Waals surface area contributed by atoms with E-state index < -0.39 is 0 Å². The quantitative estimate of drug-likeness (QED) is 0.871. The van der Waals surface area contributed by atoms with Gasteiger partial charge in [0.05, 0.1) is 17.9 Å². The van der Waals surface area contributed by atoms with E-state index in [9.17, 15) is 9.18 Å². The highest BCUT2D eigenvalue weighted by atomic mass is 19.1. The second-order valence-corrected chi connectivity index (χ2v) is 4.72. The van der Waals surface area contributed by atoms with Gasteiger partial charge in [-0.15, -0.1) is 0 Å². The van der Waals surface area contributed by atoms with Crippen LogP contribution in [0.4, 0.5) is 15.8 Å². The topological polar surface area (TPSA) is 69.0 Å². The SMILES string of the molecule is Cc1cc(F)ccc1N1CNC(=O)c2cnc(C#N)cc21. The maximum atomic E-state index is 13.3. The zero-order chi connectivity index (χ0) is 15.0. The first kappa shape index (κ1) is 13.1. The van der Waals surface area contributed by atoms with Crippen molar-refractivity contribution in [3.8, 4) is 6.07 Å². The van der Waals surface area contributed by atoms with Crippen LogP contribution in [0.15, 0.2) is 30.5 Å². The molecule has 0 saturated heterocycles. The van der Waals surface area contributed by atoms with Crippen molar-refractivity contribution in [1.82, 2.24) is 10.3 Å². The number of fused-ring (bicyclic) bond motifs is 1. The molecule has 3 rings (SSSR count). The Labute approximate surface area is 120 Å². The monoisotopic (exact) mass is 282 g/mol. The molecular weight excluding hydrogens is 271 g/mol. The molecule has 6 heteroatoms. The van der Waals surface area contributed by atoms with Crippen molar-refractivity contribution in [1.29, 1.82) is 5.26 Å². The maximum absolute atomic E-state index is 13.3. The summed E-state index contributed by atoms with van der Waals surface area (Å²) in [5.74, 6) is -0.553. The van der Waals surface area contributed by atoms with Gasteiger partial charge in [-0.25, -0.2) is 9.37 Å². The normalized spacial score (nSPS) is 13.4. The van der Waals surface area contributed by atoms with E-state index in [1.165, 1.54) is 18.3 Å². The van der Waals surface area contributed by atoms with Gasteiger partial charge in [0.15, 0.2) is 0 Å². The number of amides is 1. The first-order chi connectivity index (χ1) is 10.1. The molecule has 2 aromatic rings. The third-order valence-corrected chi connectivity index (χ3v) is 3.38. The molecule has 0 spiro atoms. The average molecular weight is 282 g/mol. The number of nitrogens with one attached hydrogen (secondary N) is 1. The van der Waals surface area contributed by atoms with Gasteiger partial charge in [0.25, 0.3) is 5.91 Å². The van der Waals surface area contributed by atoms with Crippen LogP contribution in [0.1, 0.15) is 21.6 Å². The third kappa shape index (κ3) is 2.19. The van der Waals surface area contributed by atoms with Gasteiger partial charge in [-0.3, -0.25) is 4.79 Å². The molecule has 0 unspecified atom stereocenters. The molecule has 0 bridgehead atoms. The predicted octanol–water partition coefficient (Wildman–Crippen LogP) is 2.24. The van der Waals surface area contributed by atoms with Crippen LogP contribution < -0.4 is 10.2 Å². The van der Waals surface area contributed by atoms with E-state index in [-0.39, 0.29) is 24.1 Å². The number of rotatable bonds is 1.